The third kappa shape index (κ3) is 9.04. The van der Waals surface area contributed by atoms with E-state index < -0.39 is 0 Å². The van der Waals surface area contributed by atoms with Crippen LogP contribution in [0.25, 0.3) is 0 Å². The molecule has 2 rings (SSSR count). The van der Waals surface area contributed by atoms with E-state index in [1.54, 1.807) is 7.11 Å². The zero-order valence-electron chi connectivity index (χ0n) is 17.3. The lowest BCUT2D eigenvalue weighted by molar-refractivity contribution is 0.284. The number of ether oxygens (including phenoxy) is 2. The predicted molar refractivity (Wildman–Crippen MR) is 126 cm³/mol. The Morgan fingerprint density at radius 3 is 2.28 bits per heavy atom. The van der Waals surface area contributed by atoms with Gasteiger partial charge in [0, 0.05) is 22.2 Å². The van der Waals surface area contributed by atoms with Crippen molar-refractivity contribution in [2.75, 3.05) is 13.7 Å². The molecule has 162 valence electrons. The molecule has 0 saturated heterocycles. The fourth-order valence-electron chi connectivity index (χ4n) is 3.02. The Kier molecular flexibility index (Phi) is 13.2. The van der Waals surface area contributed by atoms with Crippen LogP contribution in [0.15, 0.2) is 36.4 Å². The van der Waals surface area contributed by atoms with Gasteiger partial charge in [0.05, 0.1) is 7.11 Å². The van der Waals surface area contributed by atoms with Gasteiger partial charge in [-0.1, -0.05) is 74.4 Å². The lowest BCUT2D eigenvalue weighted by Gasteiger charge is -2.14. The highest BCUT2D eigenvalue weighted by molar-refractivity contribution is 6.35. The Morgan fingerprint density at radius 2 is 1.59 bits per heavy atom. The molecule has 0 fully saturated rings. The highest BCUT2D eigenvalue weighted by Gasteiger charge is 2.10. The van der Waals surface area contributed by atoms with E-state index in [1.165, 1.54) is 44.1 Å². The highest BCUT2D eigenvalue weighted by Crippen LogP contribution is 2.31. The van der Waals surface area contributed by atoms with Gasteiger partial charge in [-0.25, -0.2) is 0 Å². The summed E-state index contributed by atoms with van der Waals surface area (Å²) in [6.45, 7) is 4.40. The monoisotopic (exact) mass is 459 g/mol. The number of nitrogens with one attached hydrogen (secondary N) is 1. The molecule has 29 heavy (non-hydrogen) atoms. The number of hydrogen-bond acceptors (Lipinski definition) is 3. The number of halogens is 3. The van der Waals surface area contributed by atoms with Gasteiger partial charge >= 0.3 is 0 Å². The normalized spacial score (nSPS) is 10.5. The molecule has 0 aliphatic rings. The molecule has 0 spiro atoms. The van der Waals surface area contributed by atoms with Gasteiger partial charge in [-0.05, 0) is 42.8 Å². The molecule has 0 heterocycles. The molecule has 0 unspecified atom stereocenters. The second-order valence-corrected chi connectivity index (χ2v) is 7.73. The minimum atomic E-state index is 0. The van der Waals surface area contributed by atoms with E-state index in [0.29, 0.717) is 28.2 Å². The Morgan fingerprint density at radius 1 is 0.897 bits per heavy atom. The number of methoxy groups -OCH3 is 1. The molecule has 0 bridgehead atoms. The lowest BCUT2D eigenvalue weighted by Crippen LogP contribution is -2.14. The maximum absolute atomic E-state index is 6.21. The van der Waals surface area contributed by atoms with Crippen LogP contribution in [-0.4, -0.2) is 13.7 Å². The molecule has 0 saturated carbocycles. The van der Waals surface area contributed by atoms with Gasteiger partial charge < -0.3 is 14.8 Å². The van der Waals surface area contributed by atoms with E-state index in [0.717, 1.165) is 18.7 Å². The fraction of sp³-hybridized carbons (Fsp3) is 0.478. The van der Waals surface area contributed by atoms with E-state index in [9.17, 15) is 0 Å². The molecule has 3 nitrogen and oxygen atoms in total. The highest BCUT2D eigenvalue weighted by atomic mass is 35.5. The van der Waals surface area contributed by atoms with Crippen LogP contribution >= 0.6 is 35.6 Å². The minimum Gasteiger partial charge on any atom is -0.493 e. The number of hydrogen-bond donors (Lipinski definition) is 1. The smallest absolute Gasteiger partial charge is 0.161 e. The van der Waals surface area contributed by atoms with Crippen LogP contribution in [0.3, 0.4) is 0 Å². The standard InChI is InChI=1S/C23H31Cl2NO2.ClH/c1-3-4-5-6-7-8-14-26-16-18-12-13-22(23(15-18)27-2)28-17-19-20(24)10-9-11-21(19)25;/h9-13,15,26H,3-8,14,16-17H2,1-2H3;1H. The van der Waals surface area contributed by atoms with Crippen LogP contribution in [0.4, 0.5) is 0 Å². The molecule has 6 heteroatoms. The Labute approximate surface area is 191 Å². The predicted octanol–water partition coefficient (Wildman–Crippen LogP) is 7.45. The van der Waals surface area contributed by atoms with E-state index in [-0.39, 0.29) is 12.4 Å². The van der Waals surface area contributed by atoms with Crippen LogP contribution in [0.1, 0.15) is 56.6 Å². The second kappa shape index (κ2) is 14.8. The van der Waals surface area contributed by atoms with Crippen LogP contribution in [0.5, 0.6) is 11.5 Å². The summed E-state index contributed by atoms with van der Waals surface area (Å²) in [7, 11) is 1.65. The van der Waals surface area contributed by atoms with Crippen LogP contribution in [0.2, 0.25) is 10.0 Å². The topological polar surface area (TPSA) is 30.5 Å². The molecular formula is C23H32Cl3NO2. The van der Waals surface area contributed by atoms with Gasteiger partial charge in [0.25, 0.3) is 0 Å². The van der Waals surface area contributed by atoms with Crippen molar-refractivity contribution in [1.29, 1.82) is 0 Å². The van der Waals surface area contributed by atoms with E-state index >= 15 is 0 Å². The molecule has 0 aliphatic carbocycles. The third-order valence-electron chi connectivity index (χ3n) is 4.70. The van der Waals surface area contributed by atoms with Crippen LogP contribution < -0.4 is 14.8 Å². The molecule has 0 amide bonds. The maximum atomic E-state index is 6.21. The minimum absolute atomic E-state index is 0. The number of benzene rings is 2. The summed E-state index contributed by atoms with van der Waals surface area (Å²) in [6.07, 6.45) is 7.86. The fourth-order valence-corrected chi connectivity index (χ4v) is 3.53. The molecule has 2 aromatic rings. The van der Waals surface area contributed by atoms with Crippen molar-refractivity contribution in [1.82, 2.24) is 5.32 Å². The Hall–Kier alpha value is -1.13. The molecule has 0 aliphatic heterocycles. The summed E-state index contributed by atoms with van der Waals surface area (Å²) in [4.78, 5) is 0. The van der Waals surface area contributed by atoms with Gasteiger partial charge in [0.15, 0.2) is 11.5 Å². The van der Waals surface area contributed by atoms with Gasteiger partial charge in [-0.3, -0.25) is 0 Å². The molecule has 0 aromatic heterocycles. The summed E-state index contributed by atoms with van der Waals surface area (Å²) >= 11 is 12.4. The summed E-state index contributed by atoms with van der Waals surface area (Å²) in [5.41, 5.74) is 1.95. The van der Waals surface area contributed by atoms with E-state index in [2.05, 4.69) is 18.3 Å². The first-order chi connectivity index (χ1) is 13.7. The first kappa shape index (κ1) is 25.9. The summed E-state index contributed by atoms with van der Waals surface area (Å²) < 4.78 is 11.4. The summed E-state index contributed by atoms with van der Waals surface area (Å²) in [5.74, 6) is 1.39. The third-order valence-corrected chi connectivity index (χ3v) is 5.41. The quantitative estimate of drug-likeness (QED) is 0.315. The molecule has 0 atom stereocenters. The van der Waals surface area contributed by atoms with Crippen LogP contribution in [0, 0.1) is 0 Å². The van der Waals surface area contributed by atoms with Gasteiger partial charge in [-0.15, -0.1) is 12.4 Å². The number of rotatable bonds is 13. The summed E-state index contributed by atoms with van der Waals surface area (Å²) in [5, 5.41) is 4.70. The van der Waals surface area contributed by atoms with E-state index in [1.807, 2.05) is 30.3 Å². The largest absolute Gasteiger partial charge is 0.493 e. The van der Waals surface area contributed by atoms with E-state index in [4.69, 9.17) is 32.7 Å². The maximum Gasteiger partial charge on any atom is 0.161 e. The van der Waals surface area contributed by atoms with Gasteiger partial charge in [0.2, 0.25) is 0 Å². The molecule has 0 radical (unpaired) electrons. The Balaban J connectivity index is 0.00000420. The zero-order chi connectivity index (χ0) is 20.2. The Bertz CT molecular complexity index is 705. The van der Waals surface area contributed by atoms with Gasteiger partial charge in [-0.2, -0.15) is 0 Å². The molecule has 2 aromatic carbocycles. The van der Waals surface area contributed by atoms with Crippen molar-refractivity contribution in [2.45, 2.75) is 58.6 Å². The second-order valence-electron chi connectivity index (χ2n) is 6.92. The summed E-state index contributed by atoms with van der Waals surface area (Å²) in [6, 6.07) is 11.4. The van der Waals surface area contributed by atoms with Crippen molar-refractivity contribution < 1.29 is 9.47 Å². The van der Waals surface area contributed by atoms with Crippen molar-refractivity contribution in [2.24, 2.45) is 0 Å². The number of unbranched alkanes of at least 4 members (excludes halogenated alkanes) is 5. The molecule has 1 N–H and O–H groups in total. The van der Waals surface area contributed by atoms with Crippen molar-refractivity contribution >= 4 is 35.6 Å². The molecular weight excluding hydrogens is 429 g/mol. The lowest BCUT2D eigenvalue weighted by atomic mass is 10.1. The first-order valence-corrected chi connectivity index (χ1v) is 10.8. The van der Waals surface area contributed by atoms with Gasteiger partial charge in [0.1, 0.15) is 6.61 Å². The van der Waals surface area contributed by atoms with Crippen molar-refractivity contribution in [3.05, 3.63) is 57.6 Å². The zero-order valence-corrected chi connectivity index (χ0v) is 19.6. The first-order valence-electron chi connectivity index (χ1n) is 10.1. The SMILES string of the molecule is CCCCCCCCNCc1ccc(OCc2c(Cl)cccc2Cl)c(OC)c1.Cl. The van der Waals surface area contributed by atoms with Crippen LogP contribution in [-0.2, 0) is 13.2 Å². The average molecular weight is 461 g/mol. The average Bonchev–Trinajstić information content (AvgIpc) is 2.70. The van der Waals surface area contributed by atoms with Crippen molar-refractivity contribution in [3.8, 4) is 11.5 Å². The van der Waals surface area contributed by atoms with Crippen molar-refractivity contribution in [3.63, 3.8) is 0 Å².